The molecule has 1 aromatic heterocycles. The predicted molar refractivity (Wildman–Crippen MR) is 72.0 cm³/mol. The highest BCUT2D eigenvalue weighted by molar-refractivity contribution is 7.99. The van der Waals surface area contributed by atoms with Crippen molar-refractivity contribution < 1.29 is 10.0 Å². The average Bonchev–Trinajstić information content (AvgIpc) is 2.81. The Kier molecular flexibility index (Phi) is 4.18. The van der Waals surface area contributed by atoms with Crippen LogP contribution in [-0.4, -0.2) is 25.3 Å². The molecule has 0 bridgehead atoms. The van der Waals surface area contributed by atoms with Crippen LogP contribution in [0.4, 0.5) is 5.69 Å². The Morgan fingerprint density at radius 2 is 2.37 bits per heavy atom. The molecule has 0 spiro atoms. The van der Waals surface area contributed by atoms with Crippen LogP contribution in [0.1, 0.15) is 11.7 Å². The number of nitrogens with zero attached hydrogens (tertiary/aromatic N) is 3. The molecule has 0 radical (unpaired) electrons. The summed E-state index contributed by atoms with van der Waals surface area (Å²) in [6, 6.07) is 6.05. The summed E-state index contributed by atoms with van der Waals surface area (Å²) < 4.78 is 1.85. The van der Waals surface area contributed by atoms with Crippen LogP contribution in [0.3, 0.4) is 0 Å². The Morgan fingerprint density at radius 1 is 1.58 bits per heavy atom. The summed E-state index contributed by atoms with van der Waals surface area (Å²) in [5, 5.41) is 21.5. The Morgan fingerprint density at radius 3 is 3.00 bits per heavy atom. The van der Waals surface area contributed by atoms with Gasteiger partial charge in [-0.3, -0.25) is 10.1 Å². The summed E-state index contributed by atoms with van der Waals surface area (Å²) in [5.74, 6) is 0.395. The van der Waals surface area contributed by atoms with E-state index >= 15 is 0 Å². The van der Waals surface area contributed by atoms with E-state index in [1.807, 2.05) is 17.8 Å². The van der Waals surface area contributed by atoms with Gasteiger partial charge in [-0.05, 0) is 5.56 Å². The normalized spacial score (nSPS) is 12.3. The van der Waals surface area contributed by atoms with Gasteiger partial charge in [0.15, 0.2) is 5.16 Å². The van der Waals surface area contributed by atoms with Crippen LogP contribution >= 0.6 is 11.8 Å². The van der Waals surface area contributed by atoms with Gasteiger partial charge in [0.2, 0.25) is 0 Å². The van der Waals surface area contributed by atoms with E-state index in [2.05, 4.69) is 4.98 Å². The monoisotopic (exact) mass is 279 g/mol. The van der Waals surface area contributed by atoms with E-state index in [1.54, 1.807) is 18.3 Å². The topological polar surface area (TPSA) is 81.2 Å². The Labute approximate surface area is 114 Å². The van der Waals surface area contributed by atoms with E-state index < -0.39 is 11.0 Å². The second-order valence-corrected chi connectivity index (χ2v) is 4.99. The van der Waals surface area contributed by atoms with Crippen molar-refractivity contribution in [3.05, 3.63) is 52.3 Å². The molecule has 6 nitrogen and oxygen atoms in total. The summed E-state index contributed by atoms with van der Waals surface area (Å²) in [6.45, 7) is 0. The van der Waals surface area contributed by atoms with Gasteiger partial charge in [0.05, 0.1) is 11.0 Å². The van der Waals surface area contributed by atoms with Crippen LogP contribution in [0, 0.1) is 10.1 Å². The SMILES string of the molecule is Cn1ccnc1SCC(O)c1cccc([N+](=O)[O-])c1. The highest BCUT2D eigenvalue weighted by Crippen LogP contribution is 2.25. The zero-order valence-corrected chi connectivity index (χ0v) is 11.1. The van der Waals surface area contributed by atoms with Gasteiger partial charge in [-0.1, -0.05) is 23.9 Å². The van der Waals surface area contributed by atoms with Crippen LogP contribution in [0.15, 0.2) is 41.8 Å². The van der Waals surface area contributed by atoms with Crippen molar-refractivity contribution in [2.45, 2.75) is 11.3 Å². The number of nitro groups is 1. The summed E-state index contributed by atoms with van der Waals surface area (Å²) >= 11 is 1.40. The molecule has 0 fully saturated rings. The van der Waals surface area contributed by atoms with Crippen molar-refractivity contribution in [2.75, 3.05) is 5.75 Å². The number of hydrogen-bond acceptors (Lipinski definition) is 5. The lowest BCUT2D eigenvalue weighted by molar-refractivity contribution is -0.385. The Balaban J connectivity index is 2.03. The van der Waals surface area contributed by atoms with Crippen molar-refractivity contribution in [2.24, 2.45) is 7.05 Å². The average molecular weight is 279 g/mol. The Bertz CT molecular complexity index is 585. The number of non-ortho nitro benzene ring substituents is 1. The van der Waals surface area contributed by atoms with Gasteiger partial charge >= 0.3 is 0 Å². The van der Waals surface area contributed by atoms with Crippen LogP contribution in [0.5, 0.6) is 0 Å². The number of benzene rings is 1. The lowest BCUT2D eigenvalue weighted by Crippen LogP contribution is -2.02. The molecule has 0 aliphatic heterocycles. The minimum absolute atomic E-state index is 0.0152. The predicted octanol–water partition coefficient (Wildman–Crippen LogP) is 2.15. The largest absolute Gasteiger partial charge is 0.388 e. The van der Waals surface area contributed by atoms with E-state index in [-0.39, 0.29) is 5.69 Å². The van der Waals surface area contributed by atoms with Gasteiger partial charge in [0.25, 0.3) is 5.69 Å². The number of aromatic nitrogens is 2. The van der Waals surface area contributed by atoms with Crippen LogP contribution < -0.4 is 0 Å². The smallest absolute Gasteiger partial charge is 0.269 e. The molecule has 0 aliphatic rings. The van der Waals surface area contributed by atoms with Gasteiger partial charge in [-0.15, -0.1) is 0 Å². The molecule has 0 saturated heterocycles. The van der Waals surface area contributed by atoms with Crippen molar-refractivity contribution in [3.8, 4) is 0 Å². The van der Waals surface area contributed by atoms with Crippen LogP contribution in [-0.2, 0) is 7.05 Å². The second kappa shape index (κ2) is 5.85. The van der Waals surface area contributed by atoms with E-state index in [9.17, 15) is 15.2 Å². The molecule has 0 saturated carbocycles. The molecule has 7 heteroatoms. The first-order valence-corrected chi connectivity index (χ1v) is 6.59. The maximum Gasteiger partial charge on any atom is 0.269 e. The third-order valence-electron chi connectivity index (χ3n) is 2.61. The number of nitro benzene ring substituents is 1. The number of imidazole rings is 1. The minimum atomic E-state index is -0.762. The molecule has 19 heavy (non-hydrogen) atoms. The molecule has 1 N–H and O–H groups in total. The minimum Gasteiger partial charge on any atom is -0.388 e. The third-order valence-corrected chi connectivity index (χ3v) is 3.75. The zero-order chi connectivity index (χ0) is 13.8. The molecule has 1 heterocycles. The first-order chi connectivity index (χ1) is 9.08. The van der Waals surface area contributed by atoms with Crippen molar-refractivity contribution in [1.82, 2.24) is 9.55 Å². The molecule has 1 aromatic carbocycles. The second-order valence-electron chi connectivity index (χ2n) is 4.00. The molecule has 2 rings (SSSR count). The van der Waals surface area contributed by atoms with Crippen molar-refractivity contribution >= 4 is 17.4 Å². The summed E-state index contributed by atoms with van der Waals surface area (Å²) in [6.07, 6.45) is 2.74. The lowest BCUT2D eigenvalue weighted by atomic mass is 10.1. The first kappa shape index (κ1) is 13.6. The number of aliphatic hydroxyl groups is 1. The number of aryl methyl sites for hydroxylation is 1. The quantitative estimate of drug-likeness (QED) is 0.515. The van der Waals surface area contributed by atoms with Crippen molar-refractivity contribution in [3.63, 3.8) is 0 Å². The fraction of sp³-hybridized carbons (Fsp3) is 0.250. The third kappa shape index (κ3) is 3.33. The number of rotatable bonds is 5. The fourth-order valence-electron chi connectivity index (χ4n) is 1.59. The van der Waals surface area contributed by atoms with E-state index in [0.717, 1.165) is 5.16 Å². The van der Waals surface area contributed by atoms with Gasteiger partial charge in [0.1, 0.15) is 0 Å². The maximum atomic E-state index is 10.7. The molecular formula is C12H13N3O3S. The maximum absolute atomic E-state index is 10.7. The molecule has 2 aromatic rings. The van der Waals surface area contributed by atoms with Gasteiger partial charge in [-0.25, -0.2) is 4.98 Å². The van der Waals surface area contributed by atoms with Gasteiger partial charge in [-0.2, -0.15) is 0 Å². The van der Waals surface area contributed by atoms with Crippen LogP contribution in [0.25, 0.3) is 0 Å². The molecule has 100 valence electrons. The first-order valence-electron chi connectivity index (χ1n) is 5.60. The zero-order valence-electron chi connectivity index (χ0n) is 10.3. The van der Waals surface area contributed by atoms with Crippen LogP contribution in [0.2, 0.25) is 0 Å². The number of aliphatic hydroxyl groups excluding tert-OH is 1. The van der Waals surface area contributed by atoms with E-state index in [0.29, 0.717) is 11.3 Å². The molecule has 0 aliphatic carbocycles. The number of hydrogen-bond donors (Lipinski definition) is 1. The highest BCUT2D eigenvalue weighted by Gasteiger charge is 2.13. The summed E-state index contributed by atoms with van der Waals surface area (Å²) in [5.41, 5.74) is 0.523. The number of thioether (sulfide) groups is 1. The van der Waals surface area contributed by atoms with E-state index in [4.69, 9.17) is 0 Å². The lowest BCUT2D eigenvalue weighted by Gasteiger charge is -2.10. The Hall–Kier alpha value is -1.86. The summed E-state index contributed by atoms with van der Waals surface area (Å²) in [7, 11) is 1.87. The van der Waals surface area contributed by atoms with E-state index in [1.165, 1.54) is 23.9 Å². The van der Waals surface area contributed by atoms with Crippen molar-refractivity contribution in [1.29, 1.82) is 0 Å². The highest BCUT2D eigenvalue weighted by atomic mass is 32.2. The molecule has 1 unspecified atom stereocenters. The molecule has 1 atom stereocenters. The van der Waals surface area contributed by atoms with Gasteiger partial charge < -0.3 is 9.67 Å². The standard InChI is InChI=1S/C12H13N3O3S/c1-14-6-5-13-12(14)19-8-11(16)9-3-2-4-10(7-9)15(17)18/h2-7,11,16H,8H2,1H3. The fourth-order valence-corrected chi connectivity index (χ4v) is 2.49. The van der Waals surface area contributed by atoms with Gasteiger partial charge in [0, 0.05) is 37.3 Å². The molecular weight excluding hydrogens is 266 g/mol. The summed E-state index contributed by atoms with van der Waals surface area (Å²) in [4.78, 5) is 14.3. The molecule has 0 amide bonds.